The molecule has 150 valence electrons. The molecule has 0 amide bonds. The molecule has 1 aliphatic carbocycles. The molecular formula is C28H26O2. The molecule has 0 unspecified atom stereocenters. The fraction of sp³-hybridized carbons (Fsp3) is 0.214. The second-order valence-electron chi connectivity index (χ2n) is 8.14. The molecule has 0 bridgehead atoms. The van der Waals surface area contributed by atoms with Crippen molar-refractivity contribution in [2.75, 3.05) is 0 Å². The molecule has 2 nitrogen and oxygen atoms in total. The van der Waals surface area contributed by atoms with Crippen molar-refractivity contribution in [2.24, 2.45) is 11.8 Å². The number of aryl methyl sites for hydroxylation is 1. The Morgan fingerprint density at radius 3 is 2.07 bits per heavy atom. The smallest absolute Gasteiger partial charge is 0.141 e. The van der Waals surface area contributed by atoms with E-state index in [0.717, 1.165) is 28.5 Å². The summed E-state index contributed by atoms with van der Waals surface area (Å²) < 4.78 is 0. The Labute approximate surface area is 178 Å². The highest BCUT2D eigenvalue weighted by Crippen LogP contribution is 2.47. The van der Waals surface area contributed by atoms with Gasteiger partial charge >= 0.3 is 0 Å². The monoisotopic (exact) mass is 394 g/mol. The lowest BCUT2D eigenvalue weighted by molar-refractivity contribution is -0.126. The van der Waals surface area contributed by atoms with Crippen molar-refractivity contribution in [3.8, 4) is 0 Å². The third-order valence-corrected chi connectivity index (χ3v) is 6.17. The minimum absolute atomic E-state index is 0.109. The van der Waals surface area contributed by atoms with Crippen LogP contribution in [0.2, 0.25) is 0 Å². The van der Waals surface area contributed by atoms with Gasteiger partial charge in [0.2, 0.25) is 0 Å². The van der Waals surface area contributed by atoms with Gasteiger partial charge in [0.15, 0.2) is 0 Å². The minimum atomic E-state index is -0.301. The van der Waals surface area contributed by atoms with Gasteiger partial charge in [-0.3, -0.25) is 4.79 Å². The van der Waals surface area contributed by atoms with Crippen molar-refractivity contribution in [2.45, 2.75) is 25.2 Å². The highest BCUT2D eigenvalue weighted by atomic mass is 16.1. The second-order valence-corrected chi connectivity index (χ2v) is 8.14. The summed E-state index contributed by atoms with van der Waals surface area (Å²) in [5.41, 5.74) is 4.28. The van der Waals surface area contributed by atoms with E-state index in [2.05, 4.69) is 0 Å². The van der Waals surface area contributed by atoms with Crippen molar-refractivity contribution >= 4 is 18.1 Å². The summed E-state index contributed by atoms with van der Waals surface area (Å²) in [5, 5.41) is 0. The molecule has 3 aromatic rings. The number of benzene rings is 3. The standard InChI is InChI=1S/C28H26O2/c1-20-12-15-23(16-13-20)28-26(30)18-24(17-14-21-8-4-2-5-9-21)25(19-29)27(28)22-10-6-3-7-11-22/h2-17,19,24-25,27-28H,18H2,1H3/b17-14+/t24-,25+,27-,28-/m1/s1. The van der Waals surface area contributed by atoms with E-state index >= 15 is 0 Å². The van der Waals surface area contributed by atoms with Gasteiger partial charge in [-0.05, 0) is 29.5 Å². The number of aldehydes is 1. The third-order valence-electron chi connectivity index (χ3n) is 6.17. The zero-order valence-electron chi connectivity index (χ0n) is 17.1. The fourth-order valence-electron chi connectivity index (χ4n) is 4.62. The molecule has 1 aliphatic rings. The van der Waals surface area contributed by atoms with Gasteiger partial charge < -0.3 is 4.79 Å². The molecule has 0 aliphatic heterocycles. The van der Waals surface area contributed by atoms with Crippen LogP contribution in [0.4, 0.5) is 0 Å². The quantitative estimate of drug-likeness (QED) is 0.499. The van der Waals surface area contributed by atoms with Gasteiger partial charge in [-0.25, -0.2) is 0 Å². The first-order valence-corrected chi connectivity index (χ1v) is 10.5. The predicted molar refractivity (Wildman–Crippen MR) is 121 cm³/mol. The van der Waals surface area contributed by atoms with E-state index < -0.39 is 0 Å². The first-order chi connectivity index (χ1) is 14.7. The van der Waals surface area contributed by atoms with Crippen molar-refractivity contribution in [3.05, 3.63) is 113 Å². The third kappa shape index (κ3) is 4.18. The zero-order valence-corrected chi connectivity index (χ0v) is 17.1. The first-order valence-electron chi connectivity index (χ1n) is 10.5. The summed E-state index contributed by atoms with van der Waals surface area (Å²) in [4.78, 5) is 25.8. The summed E-state index contributed by atoms with van der Waals surface area (Å²) >= 11 is 0. The van der Waals surface area contributed by atoms with Crippen LogP contribution in [0.15, 0.2) is 91.0 Å². The van der Waals surface area contributed by atoms with Crippen LogP contribution in [0, 0.1) is 18.8 Å². The van der Waals surface area contributed by atoms with E-state index in [4.69, 9.17) is 0 Å². The van der Waals surface area contributed by atoms with Crippen LogP contribution >= 0.6 is 0 Å². The maximum atomic E-state index is 13.4. The molecule has 0 saturated heterocycles. The molecule has 2 heteroatoms. The Balaban J connectivity index is 1.74. The number of carbonyl (C=O) groups is 2. The first kappa shape index (κ1) is 20.0. The van der Waals surface area contributed by atoms with Gasteiger partial charge in [0.25, 0.3) is 0 Å². The van der Waals surface area contributed by atoms with E-state index in [0.29, 0.717) is 6.42 Å². The maximum Gasteiger partial charge on any atom is 0.141 e. The Morgan fingerprint density at radius 2 is 1.43 bits per heavy atom. The topological polar surface area (TPSA) is 34.1 Å². The van der Waals surface area contributed by atoms with Crippen LogP contribution in [-0.4, -0.2) is 12.1 Å². The lowest BCUT2D eigenvalue weighted by Crippen LogP contribution is -2.38. The summed E-state index contributed by atoms with van der Waals surface area (Å²) in [5.74, 6) is -0.630. The Kier molecular flexibility index (Phi) is 6.04. The summed E-state index contributed by atoms with van der Waals surface area (Å²) in [7, 11) is 0. The molecule has 0 heterocycles. The number of ketones is 1. The molecular weight excluding hydrogens is 368 g/mol. The molecule has 1 fully saturated rings. The molecule has 3 aromatic carbocycles. The van der Waals surface area contributed by atoms with Crippen LogP contribution in [0.1, 0.15) is 40.5 Å². The van der Waals surface area contributed by atoms with Gasteiger partial charge in [-0.15, -0.1) is 0 Å². The SMILES string of the molecule is Cc1ccc([C@@H]2C(=O)C[C@@H](/C=C/c3ccccc3)[C@H](C=O)[C@H]2c2ccccc2)cc1. The van der Waals surface area contributed by atoms with E-state index in [1.807, 2.05) is 104 Å². The van der Waals surface area contributed by atoms with E-state index in [-0.39, 0.29) is 29.5 Å². The molecule has 30 heavy (non-hydrogen) atoms. The predicted octanol–water partition coefficient (Wildman–Crippen LogP) is 5.98. The number of hydrogen-bond donors (Lipinski definition) is 0. The van der Waals surface area contributed by atoms with Crippen LogP contribution in [0.25, 0.3) is 6.08 Å². The largest absolute Gasteiger partial charge is 0.303 e. The maximum absolute atomic E-state index is 13.4. The average molecular weight is 395 g/mol. The van der Waals surface area contributed by atoms with E-state index in [1.54, 1.807) is 0 Å². The zero-order chi connectivity index (χ0) is 20.9. The number of Topliss-reactive ketones (excluding diaryl/α,β-unsaturated/α-hetero) is 1. The molecule has 0 N–H and O–H groups in total. The fourth-order valence-corrected chi connectivity index (χ4v) is 4.62. The van der Waals surface area contributed by atoms with Crippen LogP contribution in [0.5, 0.6) is 0 Å². The van der Waals surface area contributed by atoms with Crippen LogP contribution < -0.4 is 0 Å². The number of hydrogen-bond acceptors (Lipinski definition) is 2. The Morgan fingerprint density at radius 1 is 0.800 bits per heavy atom. The van der Waals surface area contributed by atoms with Crippen molar-refractivity contribution in [3.63, 3.8) is 0 Å². The average Bonchev–Trinajstić information content (AvgIpc) is 2.79. The number of allylic oxidation sites excluding steroid dienone is 1. The molecule has 0 radical (unpaired) electrons. The van der Waals surface area contributed by atoms with Gasteiger partial charge in [0.1, 0.15) is 12.1 Å². The minimum Gasteiger partial charge on any atom is -0.303 e. The number of carbonyl (C=O) groups excluding carboxylic acids is 2. The molecule has 0 spiro atoms. The Hall–Kier alpha value is -3.26. The van der Waals surface area contributed by atoms with Crippen molar-refractivity contribution < 1.29 is 9.59 Å². The summed E-state index contributed by atoms with van der Waals surface area (Å²) in [6, 6.07) is 28.2. The van der Waals surface area contributed by atoms with Gasteiger partial charge in [0, 0.05) is 18.3 Å². The molecule has 4 rings (SSSR count). The van der Waals surface area contributed by atoms with Crippen molar-refractivity contribution in [1.82, 2.24) is 0 Å². The van der Waals surface area contributed by atoms with Gasteiger partial charge in [0.05, 0.1) is 5.92 Å². The molecule has 1 saturated carbocycles. The van der Waals surface area contributed by atoms with Crippen LogP contribution in [0.3, 0.4) is 0 Å². The lowest BCUT2D eigenvalue weighted by Gasteiger charge is -2.39. The molecule has 4 atom stereocenters. The Bertz CT molecular complexity index is 1020. The van der Waals surface area contributed by atoms with Crippen molar-refractivity contribution in [1.29, 1.82) is 0 Å². The van der Waals surface area contributed by atoms with Crippen LogP contribution in [-0.2, 0) is 9.59 Å². The highest BCUT2D eigenvalue weighted by Gasteiger charge is 2.44. The number of rotatable bonds is 5. The second kappa shape index (κ2) is 9.04. The summed E-state index contributed by atoms with van der Waals surface area (Å²) in [6.07, 6.45) is 5.52. The van der Waals surface area contributed by atoms with Gasteiger partial charge in [-0.2, -0.15) is 0 Å². The van der Waals surface area contributed by atoms with Gasteiger partial charge in [-0.1, -0.05) is 103 Å². The summed E-state index contributed by atoms with van der Waals surface area (Å²) in [6.45, 7) is 2.04. The van der Waals surface area contributed by atoms with E-state index in [1.165, 1.54) is 0 Å². The normalized spacial score (nSPS) is 24.1. The highest BCUT2D eigenvalue weighted by molar-refractivity contribution is 5.90. The van der Waals surface area contributed by atoms with E-state index in [9.17, 15) is 9.59 Å². The lowest BCUT2D eigenvalue weighted by atomic mass is 9.62. The molecule has 0 aromatic heterocycles.